The third-order valence-electron chi connectivity index (χ3n) is 3.14. The van der Waals surface area contributed by atoms with Crippen LogP contribution < -0.4 is 5.32 Å². The van der Waals surface area contributed by atoms with E-state index in [0.717, 1.165) is 0 Å². The van der Waals surface area contributed by atoms with Crippen molar-refractivity contribution in [3.05, 3.63) is 67.7 Å². The van der Waals surface area contributed by atoms with Crippen molar-refractivity contribution in [2.45, 2.75) is 13.3 Å². The molecule has 0 unspecified atom stereocenters. The fraction of sp³-hybridized carbons (Fsp3) is 0.133. The monoisotopic (exact) mass is 338 g/mol. The lowest BCUT2D eigenvalue weighted by atomic mass is 10.1. The van der Waals surface area contributed by atoms with E-state index in [1.807, 2.05) is 0 Å². The van der Waals surface area contributed by atoms with E-state index in [1.165, 1.54) is 12.1 Å². The van der Waals surface area contributed by atoms with E-state index in [4.69, 9.17) is 23.2 Å². The van der Waals surface area contributed by atoms with Gasteiger partial charge in [-0.2, -0.15) is 0 Å². The highest BCUT2D eigenvalue weighted by molar-refractivity contribution is 6.35. The van der Waals surface area contributed by atoms with Gasteiger partial charge in [-0.3, -0.25) is 14.9 Å². The highest BCUT2D eigenvalue weighted by Gasteiger charge is 2.15. The van der Waals surface area contributed by atoms with Crippen LogP contribution >= 0.6 is 23.2 Å². The molecule has 1 amide bonds. The first kappa shape index (κ1) is 16.3. The SMILES string of the molecule is Cc1c(NC(=O)Cc2ccc(Cl)cc2Cl)cccc1[N+](=O)[O-]. The standard InChI is InChI=1S/C15H12Cl2N2O3/c1-9-13(3-2-4-14(9)19(21)22)18-15(20)7-10-5-6-11(16)8-12(10)17/h2-6,8H,7H2,1H3,(H,18,20). The molecule has 2 aromatic rings. The molecule has 114 valence electrons. The summed E-state index contributed by atoms with van der Waals surface area (Å²) in [6.07, 6.45) is 0.0537. The molecule has 2 rings (SSSR count). The highest BCUT2D eigenvalue weighted by atomic mass is 35.5. The van der Waals surface area contributed by atoms with Gasteiger partial charge >= 0.3 is 0 Å². The van der Waals surface area contributed by atoms with E-state index in [1.54, 1.807) is 31.2 Å². The molecule has 0 saturated heterocycles. The van der Waals surface area contributed by atoms with Gasteiger partial charge in [-0.15, -0.1) is 0 Å². The molecule has 0 aromatic heterocycles. The van der Waals surface area contributed by atoms with Gasteiger partial charge in [0, 0.05) is 16.1 Å². The molecule has 0 spiro atoms. The quantitative estimate of drug-likeness (QED) is 0.663. The lowest BCUT2D eigenvalue weighted by Crippen LogP contribution is -2.15. The minimum absolute atomic E-state index is 0.0395. The number of anilines is 1. The third kappa shape index (κ3) is 3.75. The fourth-order valence-corrected chi connectivity index (χ4v) is 2.46. The predicted molar refractivity (Wildman–Crippen MR) is 86.6 cm³/mol. The molecular formula is C15H12Cl2N2O3. The minimum Gasteiger partial charge on any atom is -0.325 e. The summed E-state index contributed by atoms with van der Waals surface area (Å²) >= 11 is 11.8. The van der Waals surface area contributed by atoms with E-state index >= 15 is 0 Å². The van der Waals surface area contributed by atoms with Crippen molar-refractivity contribution in [1.82, 2.24) is 0 Å². The van der Waals surface area contributed by atoms with Crippen molar-refractivity contribution in [2.24, 2.45) is 0 Å². The molecular weight excluding hydrogens is 327 g/mol. The molecule has 0 radical (unpaired) electrons. The van der Waals surface area contributed by atoms with Crippen molar-refractivity contribution in [3.8, 4) is 0 Å². The maximum Gasteiger partial charge on any atom is 0.274 e. The summed E-state index contributed by atoms with van der Waals surface area (Å²) in [5.41, 5.74) is 1.40. The molecule has 0 saturated carbocycles. The Labute approximate surface area is 137 Å². The van der Waals surface area contributed by atoms with E-state index in [2.05, 4.69) is 5.32 Å². The van der Waals surface area contributed by atoms with E-state index in [9.17, 15) is 14.9 Å². The third-order valence-corrected chi connectivity index (χ3v) is 3.73. The Morgan fingerprint density at radius 1 is 1.27 bits per heavy atom. The van der Waals surface area contributed by atoms with Gasteiger partial charge in [-0.25, -0.2) is 0 Å². The highest BCUT2D eigenvalue weighted by Crippen LogP contribution is 2.26. The Balaban J connectivity index is 2.16. The number of benzene rings is 2. The topological polar surface area (TPSA) is 72.2 Å². The zero-order chi connectivity index (χ0) is 16.3. The Bertz CT molecular complexity index is 748. The van der Waals surface area contributed by atoms with E-state index in [0.29, 0.717) is 26.9 Å². The van der Waals surface area contributed by atoms with E-state index < -0.39 is 4.92 Å². The summed E-state index contributed by atoms with van der Waals surface area (Å²) in [6, 6.07) is 9.41. The van der Waals surface area contributed by atoms with Crippen LogP contribution in [-0.4, -0.2) is 10.8 Å². The number of nitrogens with zero attached hydrogens (tertiary/aromatic N) is 1. The van der Waals surface area contributed by atoms with Crippen LogP contribution in [0.15, 0.2) is 36.4 Å². The Morgan fingerprint density at radius 2 is 2.00 bits per heavy atom. The molecule has 0 heterocycles. The summed E-state index contributed by atoms with van der Waals surface area (Å²) in [7, 11) is 0. The van der Waals surface area contributed by atoms with Gasteiger partial charge in [0.25, 0.3) is 5.69 Å². The zero-order valence-electron chi connectivity index (χ0n) is 11.6. The number of hydrogen-bond donors (Lipinski definition) is 1. The zero-order valence-corrected chi connectivity index (χ0v) is 13.1. The normalized spacial score (nSPS) is 10.3. The fourth-order valence-electron chi connectivity index (χ4n) is 1.99. The number of halogens is 2. The molecule has 0 aliphatic carbocycles. The Morgan fingerprint density at radius 3 is 2.64 bits per heavy atom. The summed E-state index contributed by atoms with van der Waals surface area (Å²) in [6.45, 7) is 1.59. The molecule has 0 atom stereocenters. The number of carbonyl (C=O) groups excluding carboxylic acids is 1. The Kier molecular flexibility index (Phi) is 5.00. The summed E-state index contributed by atoms with van der Waals surface area (Å²) in [5, 5.41) is 14.4. The first-order chi connectivity index (χ1) is 10.4. The number of rotatable bonds is 4. The second-order valence-electron chi connectivity index (χ2n) is 4.67. The largest absolute Gasteiger partial charge is 0.325 e. The minimum atomic E-state index is -0.485. The van der Waals surface area contributed by atoms with Crippen LogP contribution in [0.25, 0.3) is 0 Å². The molecule has 0 aliphatic rings. The van der Waals surface area contributed by atoms with Gasteiger partial charge in [-0.1, -0.05) is 35.3 Å². The van der Waals surface area contributed by atoms with Gasteiger partial charge in [-0.05, 0) is 30.7 Å². The number of carbonyl (C=O) groups is 1. The maximum atomic E-state index is 12.1. The van der Waals surface area contributed by atoms with E-state index in [-0.39, 0.29) is 18.0 Å². The van der Waals surface area contributed by atoms with Gasteiger partial charge < -0.3 is 5.32 Å². The van der Waals surface area contributed by atoms with Crippen molar-refractivity contribution in [1.29, 1.82) is 0 Å². The number of nitro groups is 1. The smallest absolute Gasteiger partial charge is 0.274 e. The predicted octanol–water partition coefficient (Wildman–Crippen LogP) is 4.39. The average Bonchev–Trinajstić information content (AvgIpc) is 2.44. The molecule has 0 bridgehead atoms. The number of amides is 1. The lowest BCUT2D eigenvalue weighted by molar-refractivity contribution is -0.385. The van der Waals surface area contributed by atoms with Crippen LogP contribution in [0, 0.1) is 17.0 Å². The maximum absolute atomic E-state index is 12.1. The summed E-state index contributed by atoms with van der Waals surface area (Å²) in [5.74, 6) is -0.312. The average molecular weight is 339 g/mol. The summed E-state index contributed by atoms with van der Waals surface area (Å²) in [4.78, 5) is 22.5. The van der Waals surface area contributed by atoms with Gasteiger partial charge in [0.1, 0.15) is 0 Å². The van der Waals surface area contributed by atoms with Crippen LogP contribution in [0.3, 0.4) is 0 Å². The first-order valence-electron chi connectivity index (χ1n) is 6.36. The lowest BCUT2D eigenvalue weighted by Gasteiger charge is -2.09. The Hall–Kier alpha value is -2.11. The molecule has 0 aliphatic heterocycles. The van der Waals surface area contributed by atoms with Crippen LogP contribution in [0.2, 0.25) is 10.0 Å². The second-order valence-corrected chi connectivity index (χ2v) is 5.51. The number of hydrogen-bond acceptors (Lipinski definition) is 3. The van der Waals surface area contributed by atoms with Crippen molar-refractivity contribution in [3.63, 3.8) is 0 Å². The van der Waals surface area contributed by atoms with Crippen LogP contribution in [0.4, 0.5) is 11.4 Å². The van der Waals surface area contributed by atoms with Crippen molar-refractivity contribution < 1.29 is 9.72 Å². The van der Waals surface area contributed by atoms with Crippen LogP contribution in [0.5, 0.6) is 0 Å². The number of nitro benzene ring substituents is 1. The molecule has 0 fully saturated rings. The molecule has 5 nitrogen and oxygen atoms in total. The second kappa shape index (κ2) is 6.77. The summed E-state index contributed by atoms with van der Waals surface area (Å²) < 4.78 is 0. The van der Waals surface area contributed by atoms with Crippen LogP contribution in [-0.2, 0) is 11.2 Å². The molecule has 7 heteroatoms. The molecule has 1 N–H and O–H groups in total. The van der Waals surface area contributed by atoms with Gasteiger partial charge in [0.15, 0.2) is 0 Å². The van der Waals surface area contributed by atoms with Crippen molar-refractivity contribution >= 4 is 40.5 Å². The van der Waals surface area contributed by atoms with Gasteiger partial charge in [0.05, 0.1) is 22.6 Å². The first-order valence-corrected chi connectivity index (χ1v) is 7.12. The molecule has 22 heavy (non-hydrogen) atoms. The number of nitrogens with one attached hydrogen (secondary N) is 1. The van der Waals surface area contributed by atoms with Crippen LogP contribution in [0.1, 0.15) is 11.1 Å². The van der Waals surface area contributed by atoms with Gasteiger partial charge in [0.2, 0.25) is 5.91 Å². The van der Waals surface area contributed by atoms with Crippen molar-refractivity contribution in [2.75, 3.05) is 5.32 Å². The molecule has 2 aromatic carbocycles.